The lowest BCUT2D eigenvalue weighted by atomic mass is 9.77. The van der Waals surface area contributed by atoms with Crippen LogP contribution in [0.3, 0.4) is 0 Å². The summed E-state index contributed by atoms with van der Waals surface area (Å²) >= 11 is 0. The van der Waals surface area contributed by atoms with E-state index in [1.807, 2.05) is 30.3 Å². The topological polar surface area (TPSA) is 86.9 Å². The van der Waals surface area contributed by atoms with Gasteiger partial charge in [0.25, 0.3) is 5.89 Å². The Hall–Kier alpha value is -3.62. The number of anilines is 1. The largest absolute Gasteiger partial charge is 0.491 e. The van der Waals surface area contributed by atoms with Gasteiger partial charge in [0, 0.05) is 30.3 Å². The van der Waals surface area contributed by atoms with Crippen LogP contribution < -0.4 is 19.1 Å². The average molecular weight is 409 g/mol. The Morgan fingerprint density at radius 1 is 1.07 bits per heavy atom. The fourth-order valence-electron chi connectivity index (χ4n) is 4.44. The third-order valence-corrected chi connectivity index (χ3v) is 5.83. The molecule has 0 radical (unpaired) electrons. The Labute approximate surface area is 170 Å². The molecular weight excluding hydrogens is 393 g/mol. The summed E-state index contributed by atoms with van der Waals surface area (Å²) in [7, 11) is 0. The highest BCUT2D eigenvalue weighted by Crippen LogP contribution is 2.54. The van der Waals surface area contributed by atoms with Gasteiger partial charge in [-0.3, -0.25) is 4.79 Å². The highest BCUT2D eigenvalue weighted by Gasteiger charge is 2.57. The minimum absolute atomic E-state index is 0.0659. The van der Waals surface area contributed by atoms with Crippen LogP contribution in [0, 0.1) is 0 Å². The monoisotopic (exact) mass is 409 g/mol. The van der Waals surface area contributed by atoms with E-state index in [-0.39, 0.29) is 25.2 Å². The van der Waals surface area contributed by atoms with Gasteiger partial charge in [0.05, 0.1) is 0 Å². The minimum Gasteiger partial charge on any atom is -0.491 e. The standard InChI is InChI=1S/C21H16FN3O5/c22-9-19-23-18(24-30-19)5-6-25-14-4-2-1-3-12(14)21(20(25)26)10-27-15-8-17-16(7-13(15)21)28-11-29-17/h1-4,7-8H,5-6,9-11H2. The molecule has 152 valence electrons. The van der Waals surface area contributed by atoms with Crippen LogP contribution in [0.15, 0.2) is 40.9 Å². The first-order valence-corrected chi connectivity index (χ1v) is 9.56. The number of aromatic nitrogens is 2. The number of ether oxygens (including phenoxy) is 3. The molecule has 3 aliphatic rings. The first-order chi connectivity index (χ1) is 14.7. The molecule has 1 unspecified atom stereocenters. The molecule has 1 spiro atoms. The Kier molecular flexibility index (Phi) is 3.56. The molecule has 1 atom stereocenters. The Balaban J connectivity index is 1.40. The van der Waals surface area contributed by atoms with Gasteiger partial charge < -0.3 is 23.6 Å². The SMILES string of the molecule is O=C1N(CCc2noc(CF)n2)c2ccccc2C12COc1cc3c(cc12)OCO3. The smallest absolute Gasteiger partial charge is 0.258 e. The molecule has 30 heavy (non-hydrogen) atoms. The summed E-state index contributed by atoms with van der Waals surface area (Å²) in [6.07, 6.45) is 0.342. The molecule has 2 aromatic carbocycles. The highest BCUT2D eigenvalue weighted by atomic mass is 19.1. The summed E-state index contributed by atoms with van der Waals surface area (Å²) in [4.78, 5) is 19.5. The Morgan fingerprint density at radius 2 is 1.90 bits per heavy atom. The van der Waals surface area contributed by atoms with Crippen LogP contribution in [0.2, 0.25) is 0 Å². The van der Waals surface area contributed by atoms with E-state index in [1.54, 1.807) is 11.0 Å². The van der Waals surface area contributed by atoms with Crippen molar-refractivity contribution >= 4 is 11.6 Å². The first-order valence-electron chi connectivity index (χ1n) is 9.56. The predicted molar refractivity (Wildman–Crippen MR) is 100 cm³/mol. The van der Waals surface area contributed by atoms with Crippen molar-refractivity contribution in [1.29, 1.82) is 0 Å². The molecule has 0 N–H and O–H groups in total. The van der Waals surface area contributed by atoms with Gasteiger partial charge in [0.2, 0.25) is 12.7 Å². The van der Waals surface area contributed by atoms with E-state index < -0.39 is 12.1 Å². The lowest BCUT2D eigenvalue weighted by Crippen LogP contribution is -2.43. The van der Waals surface area contributed by atoms with E-state index in [9.17, 15) is 9.18 Å². The first kappa shape index (κ1) is 17.3. The quantitative estimate of drug-likeness (QED) is 0.654. The number of halogens is 1. The lowest BCUT2D eigenvalue weighted by molar-refractivity contribution is -0.122. The van der Waals surface area contributed by atoms with Crippen molar-refractivity contribution < 1.29 is 27.9 Å². The van der Waals surface area contributed by atoms with Crippen LogP contribution in [0.25, 0.3) is 0 Å². The van der Waals surface area contributed by atoms with Crippen LogP contribution in [-0.4, -0.2) is 36.0 Å². The number of hydrogen-bond acceptors (Lipinski definition) is 7. The van der Waals surface area contributed by atoms with Crippen molar-refractivity contribution in [3.8, 4) is 17.2 Å². The van der Waals surface area contributed by atoms with Crippen molar-refractivity contribution in [2.45, 2.75) is 18.5 Å². The van der Waals surface area contributed by atoms with E-state index in [0.717, 1.165) is 16.8 Å². The molecule has 3 aromatic rings. The molecule has 0 saturated carbocycles. The number of para-hydroxylation sites is 1. The van der Waals surface area contributed by atoms with E-state index in [2.05, 4.69) is 10.1 Å². The fourth-order valence-corrected chi connectivity index (χ4v) is 4.44. The van der Waals surface area contributed by atoms with Crippen molar-refractivity contribution in [1.82, 2.24) is 10.1 Å². The molecule has 8 nitrogen and oxygen atoms in total. The fraction of sp³-hybridized carbons (Fsp3) is 0.286. The second-order valence-electron chi connectivity index (χ2n) is 7.36. The Bertz CT molecular complexity index is 1180. The average Bonchev–Trinajstić information content (AvgIpc) is 3.53. The number of carbonyl (C=O) groups is 1. The van der Waals surface area contributed by atoms with Crippen LogP contribution in [-0.2, 0) is 23.3 Å². The van der Waals surface area contributed by atoms with Gasteiger partial charge in [-0.1, -0.05) is 23.4 Å². The highest BCUT2D eigenvalue weighted by molar-refractivity contribution is 6.11. The number of amides is 1. The molecule has 0 bridgehead atoms. The van der Waals surface area contributed by atoms with Crippen molar-refractivity contribution in [2.75, 3.05) is 24.8 Å². The van der Waals surface area contributed by atoms with Crippen molar-refractivity contribution in [2.24, 2.45) is 0 Å². The van der Waals surface area contributed by atoms with Gasteiger partial charge in [0.15, 0.2) is 24.0 Å². The summed E-state index contributed by atoms with van der Waals surface area (Å²) < 4.78 is 34.4. The molecule has 0 fully saturated rings. The van der Waals surface area contributed by atoms with Gasteiger partial charge in [0.1, 0.15) is 17.8 Å². The van der Waals surface area contributed by atoms with Gasteiger partial charge in [-0.25, -0.2) is 4.39 Å². The number of nitrogens with zero attached hydrogens (tertiary/aromatic N) is 3. The number of carbonyl (C=O) groups excluding carboxylic acids is 1. The Morgan fingerprint density at radius 3 is 2.73 bits per heavy atom. The van der Waals surface area contributed by atoms with Crippen LogP contribution in [0.4, 0.5) is 10.1 Å². The third-order valence-electron chi connectivity index (χ3n) is 5.83. The molecule has 0 aliphatic carbocycles. The predicted octanol–water partition coefficient (Wildman–Crippen LogP) is 2.54. The van der Waals surface area contributed by atoms with E-state index >= 15 is 0 Å². The van der Waals surface area contributed by atoms with Crippen LogP contribution in [0.1, 0.15) is 22.8 Å². The second-order valence-corrected chi connectivity index (χ2v) is 7.36. The third kappa shape index (κ3) is 2.23. The summed E-state index contributed by atoms with van der Waals surface area (Å²) in [5.74, 6) is 2.05. The van der Waals surface area contributed by atoms with E-state index in [1.165, 1.54) is 0 Å². The van der Waals surface area contributed by atoms with Gasteiger partial charge in [-0.15, -0.1) is 0 Å². The zero-order valence-electron chi connectivity index (χ0n) is 15.8. The summed E-state index contributed by atoms with van der Waals surface area (Å²) in [5, 5.41) is 3.77. The molecule has 0 saturated heterocycles. The summed E-state index contributed by atoms with van der Waals surface area (Å²) in [6, 6.07) is 11.3. The number of benzene rings is 2. The zero-order valence-corrected chi connectivity index (χ0v) is 15.8. The van der Waals surface area contributed by atoms with Crippen molar-refractivity contribution in [3.63, 3.8) is 0 Å². The molecule has 1 aromatic heterocycles. The summed E-state index contributed by atoms with van der Waals surface area (Å²) in [6.45, 7) is -0.131. The lowest BCUT2D eigenvalue weighted by Gasteiger charge is -2.23. The van der Waals surface area contributed by atoms with E-state index in [4.69, 9.17) is 18.7 Å². The van der Waals surface area contributed by atoms with Gasteiger partial charge >= 0.3 is 0 Å². The maximum Gasteiger partial charge on any atom is 0.258 e. The van der Waals surface area contributed by atoms with Gasteiger partial charge in [-0.2, -0.15) is 4.98 Å². The molecule has 3 aliphatic heterocycles. The maximum absolute atomic E-state index is 13.8. The van der Waals surface area contributed by atoms with Crippen LogP contribution in [0.5, 0.6) is 17.2 Å². The number of hydrogen-bond donors (Lipinski definition) is 0. The minimum atomic E-state index is -0.950. The molecule has 6 rings (SSSR count). The number of fused-ring (bicyclic) bond motifs is 5. The van der Waals surface area contributed by atoms with E-state index in [0.29, 0.717) is 36.0 Å². The summed E-state index contributed by atoms with van der Waals surface area (Å²) in [5.41, 5.74) is 1.51. The normalized spacial score (nSPS) is 20.6. The molecule has 1 amide bonds. The number of rotatable bonds is 4. The molecule has 9 heteroatoms. The van der Waals surface area contributed by atoms with Gasteiger partial charge in [-0.05, 0) is 17.7 Å². The van der Waals surface area contributed by atoms with Crippen LogP contribution >= 0.6 is 0 Å². The number of alkyl halides is 1. The maximum atomic E-state index is 13.8. The molecular formula is C21H16FN3O5. The second kappa shape index (κ2) is 6.19. The van der Waals surface area contributed by atoms with Crippen molar-refractivity contribution in [3.05, 3.63) is 59.2 Å². The molecule has 4 heterocycles. The zero-order chi connectivity index (χ0) is 20.3.